The molecule has 2 heterocycles. The molecule has 1 saturated carbocycles. The van der Waals surface area contributed by atoms with Crippen LogP contribution in [0.5, 0.6) is 0 Å². The second-order valence-electron chi connectivity index (χ2n) is 20.7. The number of alkyl carbamates (subject to hydrolysis) is 1. The molecular formula is C56H78N10O15S. The first-order valence-corrected chi connectivity index (χ1v) is 29.2. The molecule has 0 bridgehead atoms. The van der Waals surface area contributed by atoms with E-state index in [-0.39, 0.29) is 128 Å². The molecule has 6 atom stereocenters. The van der Waals surface area contributed by atoms with Crippen LogP contribution in [0.15, 0.2) is 67.1 Å². The molecule has 1 fully saturated rings. The Morgan fingerprint density at radius 3 is 2.32 bits per heavy atom. The number of primary amides is 1. The summed E-state index contributed by atoms with van der Waals surface area (Å²) in [5.41, 5.74) is 9.53. The molecule has 9 N–H and O–H groups in total. The molecule has 0 saturated heterocycles. The number of aromatic nitrogens is 3. The van der Waals surface area contributed by atoms with E-state index in [9.17, 15) is 42.0 Å². The molecule has 2 aliphatic rings. The SMILES string of the molecule is CC(=O)CCOCCC(=O)N[C@@H](C(=O)C[C@H](CCCNC(N)=O)C(=O)Nc1ccc(COC(=O)NCCOCCOCCCC(=O)O[C@H]2C[C@H](n3ccc4c(N[C@H]5CCc6ccccc65)ncnc43)C[C@H]2COS(N)(=O)=O)cc1)C(C)C. The van der Waals surface area contributed by atoms with Crippen LogP contribution < -0.4 is 37.5 Å². The molecule has 448 valence electrons. The summed E-state index contributed by atoms with van der Waals surface area (Å²) in [4.78, 5) is 96.7. The van der Waals surface area contributed by atoms with Gasteiger partial charge >= 0.3 is 28.4 Å². The van der Waals surface area contributed by atoms with E-state index in [1.165, 1.54) is 24.4 Å². The quantitative estimate of drug-likeness (QED) is 0.0236. The second kappa shape index (κ2) is 32.5. The van der Waals surface area contributed by atoms with Gasteiger partial charge in [0.1, 0.15) is 36.3 Å². The van der Waals surface area contributed by atoms with E-state index in [0.29, 0.717) is 48.4 Å². The fraction of sp³-hybridized carbons (Fsp3) is 0.554. The Morgan fingerprint density at radius 2 is 1.57 bits per heavy atom. The number of benzene rings is 2. The molecule has 2 aliphatic carbocycles. The van der Waals surface area contributed by atoms with Gasteiger partial charge < -0.3 is 60.6 Å². The number of hydrogen-bond donors (Lipinski definition) is 7. The van der Waals surface area contributed by atoms with Crippen molar-refractivity contribution in [3.05, 3.63) is 83.8 Å². The highest BCUT2D eigenvalue weighted by atomic mass is 32.2. The minimum atomic E-state index is -4.24. The van der Waals surface area contributed by atoms with Crippen molar-refractivity contribution >= 4 is 74.3 Å². The zero-order valence-corrected chi connectivity index (χ0v) is 47.6. The fourth-order valence-corrected chi connectivity index (χ4v) is 10.2. The van der Waals surface area contributed by atoms with Crippen molar-refractivity contribution in [1.29, 1.82) is 0 Å². The minimum absolute atomic E-state index is 0.00735. The highest BCUT2D eigenvalue weighted by Gasteiger charge is 2.39. The molecule has 26 heteroatoms. The van der Waals surface area contributed by atoms with E-state index in [1.54, 1.807) is 38.1 Å². The maximum atomic E-state index is 13.6. The van der Waals surface area contributed by atoms with Gasteiger partial charge in [-0.05, 0) is 86.3 Å². The van der Waals surface area contributed by atoms with Crippen LogP contribution in [-0.2, 0) is 75.2 Å². The van der Waals surface area contributed by atoms with Gasteiger partial charge in [-0.2, -0.15) is 8.42 Å². The van der Waals surface area contributed by atoms with Gasteiger partial charge in [0.15, 0.2) is 5.78 Å². The number of Topliss-reactive ketones (excluding diaryl/α,β-unsaturated/α-hetero) is 2. The monoisotopic (exact) mass is 1160 g/mol. The lowest BCUT2D eigenvalue weighted by atomic mass is 9.89. The number of nitrogens with two attached hydrogens (primary N) is 2. The largest absolute Gasteiger partial charge is 0.462 e. The van der Waals surface area contributed by atoms with Crippen molar-refractivity contribution in [3.8, 4) is 0 Å². The lowest BCUT2D eigenvalue weighted by Crippen LogP contribution is -2.45. The van der Waals surface area contributed by atoms with Crippen LogP contribution in [0.3, 0.4) is 0 Å². The number of ketones is 2. The number of hydrogen-bond acceptors (Lipinski definition) is 18. The molecule has 0 unspecified atom stereocenters. The van der Waals surface area contributed by atoms with E-state index in [1.807, 2.05) is 29.0 Å². The second-order valence-corrected chi connectivity index (χ2v) is 22.0. The Morgan fingerprint density at radius 1 is 0.829 bits per heavy atom. The average Bonchev–Trinajstić information content (AvgIpc) is 4.28. The molecule has 4 aromatic rings. The van der Waals surface area contributed by atoms with E-state index in [4.69, 9.17) is 38.7 Å². The maximum Gasteiger partial charge on any atom is 0.407 e. The van der Waals surface area contributed by atoms with Gasteiger partial charge in [0.2, 0.25) is 11.8 Å². The summed E-state index contributed by atoms with van der Waals surface area (Å²) in [5.74, 6) is -2.48. The molecule has 6 rings (SSSR count). The number of esters is 1. The summed E-state index contributed by atoms with van der Waals surface area (Å²) >= 11 is 0. The summed E-state index contributed by atoms with van der Waals surface area (Å²) in [5, 5.41) is 20.3. The van der Waals surface area contributed by atoms with Crippen molar-refractivity contribution in [2.75, 3.05) is 70.0 Å². The Labute approximate surface area is 477 Å². The number of carbonyl (C=O) groups excluding carboxylic acids is 7. The first-order chi connectivity index (χ1) is 39.3. The lowest BCUT2D eigenvalue weighted by Gasteiger charge is -2.24. The standard InChI is InChI=1S/C56H78N10O15S/c1-36(2)51(65-49(69)20-26-77-25-19-37(3)67)47(68)31-40(9-6-21-59-55(57)72)54(71)63-42-15-12-38(13-16-42)33-79-56(73)60-22-27-78-29-28-76-24-7-11-50(70)81-48-32-43(30-41(48)34-80-82(58,74)75)66-23-18-45-52(61-35-62-53(45)66)64-46-17-14-39-8-4-5-10-44(39)46/h4-5,8,10,12-13,15-16,18,23,35-36,40-41,43,46,48,51H,6-7,9,11,14,17,19-22,24-34H2,1-3H3,(H,60,73)(H,63,71)(H,65,69)(H3,57,59,72)(H2,58,74,75)(H,61,62,64)/t40-,41-,43+,46-,48-,51+/m0/s1. The predicted octanol–water partition coefficient (Wildman–Crippen LogP) is 4.84. The van der Waals surface area contributed by atoms with Crippen LogP contribution in [0.4, 0.5) is 21.1 Å². The molecule has 0 aliphatic heterocycles. The number of aryl methyl sites for hydroxylation is 1. The summed E-state index contributed by atoms with van der Waals surface area (Å²) in [6.45, 7) is 6.24. The van der Waals surface area contributed by atoms with Gasteiger partial charge in [-0.15, -0.1) is 0 Å². The number of fused-ring (bicyclic) bond motifs is 2. The molecule has 82 heavy (non-hydrogen) atoms. The van der Waals surface area contributed by atoms with Crippen LogP contribution in [0, 0.1) is 17.8 Å². The Bertz CT molecular complexity index is 2890. The smallest absolute Gasteiger partial charge is 0.407 e. The molecule has 2 aromatic heterocycles. The normalized spacial score (nSPS) is 17.4. The molecular weight excluding hydrogens is 1080 g/mol. The van der Waals surface area contributed by atoms with E-state index in [0.717, 1.165) is 18.2 Å². The van der Waals surface area contributed by atoms with Crippen LogP contribution in [-0.4, -0.2) is 136 Å². The van der Waals surface area contributed by atoms with Crippen LogP contribution in [0.25, 0.3) is 11.0 Å². The number of amides is 5. The van der Waals surface area contributed by atoms with Gasteiger partial charge in [-0.3, -0.25) is 28.2 Å². The molecule has 5 amide bonds. The van der Waals surface area contributed by atoms with Crippen molar-refractivity contribution in [3.63, 3.8) is 0 Å². The maximum absolute atomic E-state index is 13.6. The number of anilines is 2. The number of urea groups is 1. The topological polar surface area (TPSA) is 352 Å². The number of rotatable bonds is 36. The van der Waals surface area contributed by atoms with Gasteiger partial charge in [0.25, 0.3) is 0 Å². The van der Waals surface area contributed by atoms with Gasteiger partial charge in [-0.1, -0.05) is 50.2 Å². The summed E-state index contributed by atoms with van der Waals surface area (Å²) in [7, 11) is -4.24. The predicted molar refractivity (Wildman–Crippen MR) is 301 cm³/mol. The number of ether oxygens (including phenoxy) is 5. The van der Waals surface area contributed by atoms with Gasteiger partial charge in [0, 0.05) is 81.6 Å². The first kappa shape index (κ1) is 64.1. The third kappa shape index (κ3) is 21.3. The van der Waals surface area contributed by atoms with Crippen molar-refractivity contribution in [2.45, 2.75) is 122 Å². The zero-order chi connectivity index (χ0) is 59.0. The van der Waals surface area contributed by atoms with Crippen LogP contribution >= 0.6 is 0 Å². The number of nitrogens with zero attached hydrogens (tertiary/aromatic N) is 3. The fourth-order valence-electron chi connectivity index (χ4n) is 9.87. The van der Waals surface area contributed by atoms with Crippen LogP contribution in [0.1, 0.15) is 114 Å². The molecule has 2 aromatic carbocycles. The zero-order valence-electron chi connectivity index (χ0n) is 46.8. The minimum Gasteiger partial charge on any atom is -0.462 e. The molecule has 0 radical (unpaired) electrons. The molecule has 25 nitrogen and oxygen atoms in total. The third-order valence-corrected chi connectivity index (χ3v) is 14.5. The highest BCUT2D eigenvalue weighted by molar-refractivity contribution is 7.84. The van der Waals surface area contributed by atoms with E-state index in [2.05, 4.69) is 48.7 Å². The van der Waals surface area contributed by atoms with Crippen molar-refractivity contribution in [1.82, 2.24) is 30.5 Å². The number of nitrogens with one attached hydrogen (secondary N) is 5. The number of carbonyl (C=O) groups is 7. The van der Waals surface area contributed by atoms with Crippen LogP contribution in [0.2, 0.25) is 0 Å². The summed E-state index contributed by atoms with van der Waals surface area (Å²) in [6, 6.07) is 15.3. The van der Waals surface area contributed by atoms with E-state index < -0.39 is 64.2 Å². The highest BCUT2D eigenvalue weighted by Crippen LogP contribution is 2.41. The van der Waals surface area contributed by atoms with Crippen molar-refractivity contribution in [2.24, 2.45) is 28.6 Å². The van der Waals surface area contributed by atoms with Gasteiger partial charge in [-0.25, -0.2) is 24.7 Å². The first-order valence-electron chi connectivity index (χ1n) is 27.7. The van der Waals surface area contributed by atoms with Crippen molar-refractivity contribution < 1.29 is 69.8 Å². The Hall–Kier alpha value is -7.10. The summed E-state index contributed by atoms with van der Waals surface area (Å²) in [6.07, 6.45) is 5.99. The van der Waals surface area contributed by atoms with Gasteiger partial charge in [0.05, 0.1) is 57.1 Å². The third-order valence-electron chi connectivity index (χ3n) is 14.1. The lowest BCUT2D eigenvalue weighted by molar-refractivity contribution is -0.151. The average molecular weight is 1160 g/mol. The Balaban J connectivity index is 0.847. The van der Waals surface area contributed by atoms with E-state index >= 15 is 0 Å². The molecule has 0 spiro atoms. The Kier molecular flexibility index (Phi) is 25.4. The summed E-state index contributed by atoms with van der Waals surface area (Å²) < 4.78 is 58.2.